The maximum absolute atomic E-state index is 12.9. The molecule has 1 N–H and O–H groups in total. The van der Waals surface area contributed by atoms with Crippen LogP contribution in [0.25, 0.3) is 0 Å². The van der Waals surface area contributed by atoms with Crippen molar-refractivity contribution in [1.82, 2.24) is 20.2 Å². The summed E-state index contributed by atoms with van der Waals surface area (Å²) in [5.74, 6) is -0.872. The number of fused-ring (bicyclic) bond motifs is 2. The lowest BCUT2D eigenvalue weighted by Gasteiger charge is -2.28. The van der Waals surface area contributed by atoms with Crippen molar-refractivity contribution in [2.45, 2.75) is 19.3 Å². The maximum atomic E-state index is 12.9. The van der Waals surface area contributed by atoms with Gasteiger partial charge >= 0.3 is 0 Å². The number of rotatable bonds is 7. The summed E-state index contributed by atoms with van der Waals surface area (Å²) in [5.41, 5.74) is 1.29. The highest BCUT2D eigenvalue weighted by Crippen LogP contribution is 2.32. The van der Waals surface area contributed by atoms with Crippen LogP contribution in [-0.2, 0) is 20.8 Å². The van der Waals surface area contributed by atoms with E-state index in [0.717, 1.165) is 10.5 Å². The zero-order chi connectivity index (χ0) is 25.2. The molecule has 0 spiro atoms. The molecule has 0 saturated carbocycles. The molecule has 36 heavy (non-hydrogen) atoms. The number of hydrazine groups is 1. The lowest BCUT2D eigenvalue weighted by molar-refractivity contribution is -0.157. The number of imide groups is 1. The first-order valence-corrected chi connectivity index (χ1v) is 11.6. The Morgan fingerprint density at radius 2 is 1.53 bits per heavy atom. The number of carbonyl (C=O) groups is 5. The largest absolute Gasteiger partial charge is 0.454 e. The molecule has 3 aliphatic rings. The summed E-state index contributed by atoms with van der Waals surface area (Å²) in [6, 6.07) is 11.7. The van der Waals surface area contributed by atoms with Gasteiger partial charge in [0.15, 0.2) is 11.5 Å². The Balaban J connectivity index is 1.10. The Kier molecular flexibility index (Phi) is 6.28. The van der Waals surface area contributed by atoms with Gasteiger partial charge in [-0.05, 0) is 36.2 Å². The van der Waals surface area contributed by atoms with Crippen LogP contribution in [0.5, 0.6) is 11.5 Å². The number of hydrogen-bond donors (Lipinski definition) is 1. The molecule has 0 unspecified atom stereocenters. The summed E-state index contributed by atoms with van der Waals surface area (Å²) in [6.07, 6.45) is 0.740. The van der Waals surface area contributed by atoms with Crippen molar-refractivity contribution in [3.05, 3.63) is 59.2 Å². The van der Waals surface area contributed by atoms with Gasteiger partial charge < -0.3 is 14.8 Å². The molecule has 3 aliphatic heterocycles. The molecule has 1 fully saturated rings. The Morgan fingerprint density at radius 1 is 0.861 bits per heavy atom. The van der Waals surface area contributed by atoms with Gasteiger partial charge in [-0.15, -0.1) is 0 Å². The van der Waals surface area contributed by atoms with E-state index in [1.54, 1.807) is 42.5 Å². The molecule has 5 amide bonds. The monoisotopic (exact) mass is 492 g/mol. The third-order valence-corrected chi connectivity index (χ3v) is 6.24. The third-order valence-electron chi connectivity index (χ3n) is 6.24. The molecular weight excluding hydrogens is 468 g/mol. The van der Waals surface area contributed by atoms with Gasteiger partial charge in [0, 0.05) is 26.1 Å². The predicted molar refractivity (Wildman–Crippen MR) is 124 cm³/mol. The van der Waals surface area contributed by atoms with Crippen LogP contribution in [0.15, 0.2) is 42.5 Å². The summed E-state index contributed by atoms with van der Waals surface area (Å²) in [5, 5.41) is 5.42. The van der Waals surface area contributed by atoms with Gasteiger partial charge in [0.05, 0.1) is 17.5 Å². The van der Waals surface area contributed by atoms with Crippen LogP contribution in [0, 0.1) is 0 Å². The molecule has 0 aliphatic carbocycles. The van der Waals surface area contributed by atoms with Crippen molar-refractivity contribution < 1.29 is 33.4 Å². The van der Waals surface area contributed by atoms with Crippen molar-refractivity contribution in [1.29, 1.82) is 0 Å². The van der Waals surface area contributed by atoms with Crippen LogP contribution >= 0.6 is 0 Å². The van der Waals surface area contributed by atoms with Gasteiger partial charge in [0.2, 0.25) is 24.5 Å². The first kappa shape index (κ1) is 23.3. The molecule has 0 atom stereocenters. The van der Waals surface area contributed by atoms with Crippen LogP contribution in [0.1, 0.15) is 39.1 Å². The van der Waals surface area contributed by atoms with Gasteiger partial charge in [-0.3, -0.25) is 38.9 Å². The number of benzene rings is 2. The fraction of sp³-hybridized carbons (Fsp3) is 0.320. The zero-order valence-corrected chi connectivity index (χ0v) is 19.4. The molecule has 0 bridgehead atoms. The van der Waals surface area contributed by atoms with Crippen LogP contribution in [0.4, 0.5) is 0 Å². The van der Waals surface area contributed by atoms with E-state index in [-0.39, 0.29) is 49.1 Å². The Morgan fingerprint density at radius 3 is 2.25 bits per heavy atom. The highest BCUT2D eigenvalue weighted by molar-refractivity contribution is 6.22. The molecule has 11 nitrogen and oxygen atoms in total. The first-order valence-electron chi connectivity index (χ1n) is 11.6. The lowest BCUT2D eigenvalue weighted by Crippen LogP contribution is -2.46. The minimum atomic E-state index is -0.547. The van der Waals surface area contributed by atoms with Gasteiger partial charge in [-0.1, -0.05) is 18.2 Å². The van der Waals surface area contributed by atoms with Crippen LogP contribution in [0.3, 0.4) is 0 Å². The van der Waals surface area contributed by atoms with Gasteiger partial charge in [-0.25, -0.2) is 0 Å². The molecule has 5 rings (SSSR count). The van der Waals surface area contributed by atoms with Crippen LogP contribution in [-0.4, -0.2) is 77.4 Å². The number of hydrogen-bond acceptors (Lipinski definition) is 7. The number of ether oxygens (including phenoxy) is 2. The van der Waals surface area contributed by atoms with Crippen molar-refractivity contribution >= 4 is 29.5 Å². The average molecular weight is 492 g/mol. The smallest absolute Gasteiger partial charge is 0.262 e. The number of carbonyl (C=O) groups excluding carboxylic acids is 5. The molecule has 1 saturated heterocycles. The fourth-order valence-corrected chi connectivity index (χ4v) is 4.47. The molecule has 11 heteroatoms. The van der Waals surface area contributed by atoms with Crippen molar-refractivity contribution in [3.8, 4) is 11.5 Å². The molecule has 3 heterocycles. The molecule has 0 aromatic heterocycles. The zero-order valence-electron chi connectivity index (χ0n) is 19.4. The Labute approximate surface area is 206 Å². The minimum Gasteiger partial charge on any atom is -0.454 e. The lowest BCUT2D eigenvalue weighted by atomic mass is 10.1. The predicted octanol–water partition coefficient (Wildman–Crippen LogP) is 0.736. The van der Waals surface area contributed by atoms with Crippen molar-refractivity contribution in [2.75, 3.05) is 33.0 Å². The van der Waals surface area contributed by atoms with E-state index in [0.29, 0.717) is 31.0 Å². The molecule has 2 aromatic carbocycles. The van der Waals surface area contributed by atoms with E-state index >= 15 is 0 Å². The number of amides is 5. The van der Waals surface area contributed by atoms with Gasteiger partial charge in [0.25, 0.3) is 11.8 Å². The summed E-state index contributed by atoms with van der Waals surface area (Å²) < 4.78 is 10.6. The topological polar surface area (TPSA) is 126 Å². The highest BCUT2D eigenvalue weighted by atomic mass is 16.7. The van der Waals surface area contributed by atoms with E-state index in [2.05, 4.69) is 5.32 Å². The normalized spacial score (nSPS) is 15.9. The SMILES string of the molecule is O=C(CN1C(=O)c2ccccc2C1=O)NCCC(=O)N1CCCN1C(=O)Cc1ccc2c(c1)OCO2. The summed E-state index contributed by atoms with van der Waals surface area (Å²) in [6.45, 7) is 0.581. The number of nitrogens with zero attached hydrogens (tertiary/aromatic N) is 3. The summed E-state index contributed by atoms with van der Waals surface area (Å²) >= 11 is 0. The number of nitrogens with one attached hydrogen (secondary N) is 1. The second kappa shape index (κ2) is 9.68. The van der Waals surface area contributed by atoms with E-state index in [4.69, 9.17) is 9.47 Å². The average Bonchev–Trinajstić information content (AvgIpc) is 3.60. The van der Waals surface area contributed by atoms with E-state index in [9.17, 15) is 24.0 Å². The van der Waals surface area contributed by atoms with E-state index in [1.165, 1.54) is 10.0 Å². The first-order chi connectivity index (χ1) is 17.4. The maximum Gasteiger partial charge on any atom is 0.262 e. The second-order valence-corrected chi connectivity index (χ2v) is 8.59. The quantitative estimate of drug-likeness (QED) is 0.565. The standard InChI is InChI=1S/C25H24N4O7/c30-21(14-27-24(33)17-4-1-2-5-18(17)25(27)34)26-9-8-22(31)28-10-3-11-29(28)23(32)13-16-6-7-19-20(12-16)36-15-35-19/h1-2,4-7,12H,3,8-11,13-15H2,(H,26,30). The molecule has 2 aromatic rings. The summed E-state index contributed by atoms with van der Waals surface area (Å²) in [4.78, 5) is 63.7. The summed E-state index contributed by atoms with van der Waals surface area (Å²) in [7, 11) is 0. The van der Waals surface area contributed by atoms with Gasteiger partial charge in [-0.2, -0.15) is 0 Å². The van der Waals surface area contributed by atoms with Crippen molar-refractivity contribution in [2.24, 2.45) is 0 Å². The third kappa shape index (κ3) is 4.47. The Bertz CT molecular complexity index is 1230. The van der Waals surface area contributed by atoms with Crippen LogP contribution < -0.4 is 14.8 Å². The van der Waals surface area contributed by atoms with E-state index in [1.807, 2.05) is 0 Å². The fourth-order valence-electron chi connectivity index (χ4n) is 4.47. The highest BCUT2D eigenvalue weighted by Gasteiger charge is 2.36. The van der Waals surface area contributed by atoms with E-state index < -0.39 is 24.3 Å². The second-order valence-electron chi connectivity index (χ2n) is 8.59. The van der Waals surface area contributed by atoms with Crippen molar-refractivity contribution in [3.63, 3.8) is 0 Å². The molecule has 0 radical (unpaired) electrons. The molecular formula is C25H24N4O7. The molecule has 186 valence electrons. The minimum absolute atomic E-state index is 0.0154. The van der Waals surface area contributed by atoms with Gasteiger partial charge in [0.1, 0.15) is 6.54 Å². The van der Waals surface area contributed by atoms with Crippen LogP contribution in [0.2, 0.25) is 0 Å². The Hall–Kier alpha value is -4.41.